The van der Waals surface area contributed by atoms with Gasteiger partial charge in [-0.25, -0.2) is 0 Å². The second-order valence-corrected chi connectivity index (χ2v) is 6.49. The molecule has 0 unspecified atom stereocenters. The van der Waals surface area contributed by atoms with Crippen LogP contribution in [0.4, 0.5) is 0 Å². The summed E-state index contributed by atoms with van der Waals surface area (Å²) in [4.78, 5) is 2.22. The summed E-state index contributed by atoms with van der Waals surface area (Å²) in [6, 6.07) is 8.70. The topological polar surface area (TPSA) is 15.3 Å². The maximum absolute atomic E-state index is 3.55. The van der Waals surface area contributed by atoms with Crippen LogP contribution in [-0.4, -0.2) is 25.5 Å². The molecule has 1 aromatic rings. The molecule has 0 amide bonds. The van der Waals surface area contributed by atoms with Crippen LogP contribution in [0.15, 0.2) is 24.3 Å². The smallest absolute Gasteiger partial charge is 0.0230 e. The van der Waals surface area contributed by atoms with Crippen LogP contribution in [0.2, 0.25) is 0 Å². The van der Waals surface area contributed by atoms with Gasteiger partial charge in [-0.05, 0) is 43.6 Å². The van der Waals surface area contributed by atoms with Crippen LogP contribution in [0.3, 0.4) is 0 Å². The molecule has 1 aromatic carbocycles. The molecule has 1 rings (SSSR count). The van der Waals surface area contributed by atoms with Gasteiger partial charge < -0.3 is 10.2 Å². The van der Waals surface area contributed by atoms with Crippen molar-refractivity contribution in [3.8, 4) is 0 Å². The molecule has 18 heavy (non-hydrogen) atoms. The molecule has 0 aromatic heterocycles. The average molecular weight is 248 g/mol. The predicted octanol–water partition coefficient (Wildman–Crippen LogP) is 3.27. The van der Waals surface area contributed by atoms with Crippen molar-refractivity contribution in [2.45, 2.75) is 40.3 Å². The molecule has 2 heteroatoms. The molecule has 0 aliphatic heterocycles. The summed E-state index contributed by atoms with van der Waals surface area (Å²) in [5, 5.41) is 3.55. The van der Waals surface area contributed by atoms with E-state index in [0.29, 0.717) is 5.41 Å². The summed E-state index contributed by atoms with van der Waals surface area (Å²) in [5.74, 6) is 0. The van der Waals surface area contributed by atoms with Crippen molar-refractivity contribution in [1.29, 1.82) is 0 Å². The Morgan fingerprint density at radius 1 is 1.06 bits per heavy atom. The second-order valence-electron chi connectivity index (χ2n) is 6.49. The van der Waals surface area contributed by atoms with Crippen molar-refractivity contribution in [2.75, 3.05) is 20.6 Å². The first kappa shape index (κ1) is 15.2. The monoisotopic (exact) mass is 248 g/mol. The Bertz CT molecular complexity index is 350. The maximum Gasteiger partial charge on any atom is 0.0230 e. The van der Waals surface area contributed by atoms with E-state index in [1.54, 1.807) is 0 Å². The van der Waals surface area contributed by atoms with Gasteiger partial charge in [-0.1, -0.05) is 45.0 Å². The van der Waals surface area contributed by atoms with E-state index < -0.39 is 0 Å². The first-order chi connectivity index (χ1) is 8.38. The van der Waals surface area contributed by atoms with Crippen LogP contribution >= 0.6 is 0 Å². The van der Waals surface area contributed by atoms with E-state index >= 15 is 0 Å². The largest absolute Gasteiger partial charge is 0.313 e. The summed E-state index contributed by atoms with van der Waals surface area (Å²) < 4.78 is 0. The number of hydrogen-bond donors (Lipinski definition) is 1. The lowest BCUT2D eigenvalue weighted by Crippen LogP contribution is -2.21. The number of nitrogens with one attached hydrogen (secondary N) is 1. The van der Waals surface area contributed by atoms with E-state index in [9.17, 15) is 0 Å². The first-order valence-electron chi connectivity index (χ1n) is 6.81. The van der Waals surface area contributed by atoms with Crippen molar-refractivity contribution in [3.05, 3.63) is 35.4 Å². The van der Waals surface area contributed by atoms with Crippen molar-refractivity contribution in [3.63, 3.8) is 0 Å². The number of rotatable bonds is 6. The highest BCUT2D eigenvalue weighted by Crippen LogP contribution is 2.17. The molecule has 0 aliphatic carbocycles. The number of nitrogens with zero attached hydrogens (tertiary/aromatic N) is 1. The fraction of sp³-hybridized carbons (Fsp3) is 0.625. The molecule has 0 aliphatic rings. The van der Waals surface area contributed by atoms with E-state index in [-0.39, 0.29) is 0 Å². The third-order valence-electron chi connectivity index (χ3n) is 2.97. The molecule has 1 N–H and O–H groups in total. The van der Waals surface area contributed by atoms with E-state index in [2.05, 4.69) is 69.3 Å². The standard InChI is InChI=1S/C16H28N2/c1-16(2,3)10-11-17-12-14-8-6-7-9-15(14)13-18(4)5/h6-9,17H,10-13H2,1-5H3. The number of benzene rings is 1. The van der Waals surface area contributed by atoms with Gasteiger partial charge >= 0.3 is 0 Å². The van der Waals surface area contributed by atoms with Gasteiger partial charge in [0.1, 0.15) is 0 Å². The van der Waals surface area contributed by atoms with Crippen molar-refractivity contribution in [1.82, 2.24) is 10.2 Å². The normalized spacial score (nSPS) is 12.1. The molecule has 0 saturated heterocycles. The average Bonchev–Trinajstić information content (AvgIpc) is 2.24. The van der Waals surface area contributed by atoms with Crippen LogP contribution in [-0.2, 0) is 13.1 Å². The highest BCUT2D eigenvalue weighted by Gasteiger charge is 2.09. The predicted molar refractivity (Wildman–Crippen MR) is 79.6 cm³/mol. The SMILES string of the molecule is CN(C)Cc1ccccc1CNCCC(C)(C)C. The third kappa shape index (κ3) is 6.18. The Morgan fingerprint density at radius 2 is 1.67 bits per heavy atom. The molecule has 0 bridgehead atoms. The molecular formula is C16H28N2. The molecule has 0 fully saturated rings. The van der Waals surface area contributed by atoms with E-state index in [1.807, 2.05) is 0 Å². The van der Waals surface area contributed by atoms with Crippen molar-refractivity contribution < 1.29 is 0 Å². The summed E-state index contributed by atoms with van der Waals surface area (Å²) in [7, 11) is 4.23. The number of hydrogen-bond acceptors (Lipinski definition) is 2. The minimum Gasteiger partial charge on any atom is -0.313 e. The molecule has 0 heterocycles. The minimum absolute atomic E-state index is 0.413. The lowest BCUT2D eigenvalue weighted by Gasteiger charge is -2.19. The van der Waals surface area contributed by atoms with Crippen molar-refractivity contribution in [2.24, 2.45) is 5.41 Å². The Balaban J connectivity index is 2.46. The van der Waals surface area contributed by atoms with E-state index in [4.69, 9.17) is 0 Å². The van der Waals surface area contributed by atoms with Gasteiger partial charge in [-0.2, -0.15) is 0 Å². The van der Waals surface area contributed by atoms with Gasteiger partial charge in [0.25, 0.3) is 0 Å². The van der Waals surface area contributed by atoms with Gasteiger partial charge in [0, 0.05) is 13.1 Å². The van der Waals surface area contributed by atoms with Gasteiger partial charge in [0.2, 0.25) is 0 Å². The summed E-state index contributed by atoms with van der Waals surface area (Å²) in [6.07, 6.45) is 1.21. The Morgan fingerprint density at radius 3 is 2.22 bits per heavy atom. The van der Waals surface area contributed by atoms with E-state index in [1.165, 1.54) is 17.5 Å². The molecule has 0 spiro atoms. The molecule has 2 nitrogen and oxygen atoms in total. The minimum atomic E-state index is 0.413. The Labute approximate surface area is 112 Å². The zero-order valence-corrected chi connectivity index (χ0v) is 12.6. The lowest BCUT2D eigenvalue weighted by atomic mass is 9.92. The fourth-order valence-corrected chi connectivity index (χ4v) is 1.91. The Kier molecular flexibility index (Phi) is 5.83. The van der Waals surface area contributed by atoms with Gasteiger partial charge in [-0.3, -0.25) is 0 Å². The summed E-state index contributed by atoms with van der Waals surface area (Å²) in [5.41, 5.74) is 3.25. The van der Waals surface area contributed by atoms with E-state index in [0.717, 1.165) is 19.6 Å². The quantitative estimate of drug-likeness (QED) is 0.777. The molecule has 0 saturated carbocycles. The third-order valence-corrected chi connectivity index (χ3v) is 2.97. The molecule has 0 radical (unpaired) electrons. The maximum atomic E-state index is 3.55. The summed E-state index contributed by atoms with van der Waals surface area (Å²) in [6.45, 7) is 9.93. The van der Waals surface area contributed by atoms with Crippen molar-refractivity contribution >= 4 is 0 Å². The second kappa shape index (κ2) is 6.91. The fourth-order valence-electron chi connectivity index (χ4n) is 1.91. The molecule has 0 atom stereocenters. The zero-order chi connectivity index (χ0) is 13.6. The highest BCUT2D eigenvalue weighted by atomic mass is 15.0. The van der Waals surface area contributed by atoms with Gasteiger partial charge in [-0.15, -0.1) is 0 Å². The van der Waals surface area contributed by atoms with Crippen LogP contribution in [0, 0.1) is 5.41 Å². The summed E-state index contributed by atoms with van der Waals surface area (Å²) >= 11 is 0. The van der Waals surface area contributed by atoms with Crippen LogP contribution in [0.1, 0.15) is 38.3 Å². The molecular weight excluding hydrogens is 220 g/mol. The van der Waals surface area contributed by atoms with Gasteiger partial charge in [0.05, 0.1) is 0 Å². The Hall–Kier alpha value is -0.860. The van der Waals surface area contributed by atoms with Gasteiger partial charge in [0.15, 0.2) is 0 Å². The lowest BCUT2D eigenvalue weighted by molar-refractivity contribution is 0.365. The van der Waals surface area contributed by atoms with Crippen LogP contribution in [0.25, 0.3) is 0 Å². The zero-order valence-electron chi connectivity index (χ0n) is 12.6. The molecule has 102 valence electrons. The highest BCUT2D eigenvalue weighted by molar-refractivity contribution is 5.26. The first-order valence-corrected chi connectivity index (χ1v) is 6.81. The van der Waals surface area contributed by atoms with Crippen LogP contribution < -0.4 is 5.32 Å². The van der Waals surface area contributed by atoms with Crippen LogP contribution in [0.5, 0.6) is 0 Å².